The fourth-order valence-corrected chi connectivity index (χ4v) is 1.59. The highest BCUT2D eigenvalue weighted by Gasteiger charge is 2.12. The Bertz CT molecular complexity index is 427. The topological polar surface area (TPSA) is 20.3 Å². The normalized spacial score (nSPS) is 10.6. The number of ketones is 1. The first-order valence-corrected chi connectivity index (χ1v) is 5.49. The Labute approximate surface area is 105 Å². The summed E-state index contributed by atoms with van der Waals surface area (Å²) in [4.78, 5) is 13.8. The van der Waals surface area contributed by atoms with E-state index in [1.165, 1.54) is 0 Å². The van der Waals surface area contributed by atoms with Crippen LogP contribution in [0.5, 0.6) is 0 Å². The van der Waals surface area contributed by atoms with Crippen molar-refractivity contribution >= 4 is 29.0 Å². The summed E-state index contributed by atoms with van der Waals surface area (Å²) in [6.07, 6.45) is 0. The largest absolute Gasteiger partial charge is 0.305 e. The van der Waals surface area contributed by atoms with Gasteiger partial charge < -0.3 is 4.90 Å². The Kier molecular flexibility index (Phi) is 4.54. The Hall–Kier alpha value is -0.830. The Morgan fingerprint density at radius 1 is 1.31 bits per heavy atom. The molecule has 1 rings (SSSR count). The molecule has 86 valence electrons. The van der Waals surface area contributed by atoms with Gasteiger partial charge in [0.25, 0.3) is 0 Å². The monoisotopic (exact) mass is 257 g/mol. The van der Waals surface area contributed by atoms with Crippen molar-refractivity contribution in [3.63, 3.8) is 0 Å². The van der Waals surface area contributed by atoms with E-state index >= 15 is 0 Å². The van der Waals surface area contributed by atoms with Crippen LogP contribution in [-0.2, 0) is 0 Å². The van der Waals surface area contributed by atoms with E-state index in [1.54, 1.807) is 18.2 Å². The van der Waals surface area contributed by atoms with E-state index < -0.39 is 0 Å². The van der Waals surface area contributed by atoms with Crippen LogP contribution < -0.4 is 0 Å². The number of carbonyl (C=O) groups excluding carboxylic acids is 1. The van der Waals surface area contributed by atoms with Gasteiger partial charge in [0, 0.05) is 17.7 Å². The highest BCUT2D eigenvalue weighted by Crippen LogP contribution is 2.23. The molecule has 0 aliphatic rings. The molecule has 0 atom stereocenters. The molecule has 0 fully saturated rings. The molecule has 0 unspecified atom stereocenters. The van der Waals surface area contributed by atoms with E-state index in [4.69, 9.17) is 23.2 Å². The maximum atomic E-state index is 11.9. The summed E-state index contributed by atoms with van der Waals surface area (Å²) in [5.74, 6) is -0.104. The molecular formula is C12H13Cl2NO. The lowest BCUT2D eigenvalue weighted by Gasteiger charge is -2.11. The smallest absolute Gasteiger partial charge is 0.189 e. The maximum Gasteiger partial charge on any atom is 0.189 e. The summed E-state index contributed by atoms with van der Waals surface area (Å²) in [6.45, 7) is 4.28. The van der Waals surface area contributed by atoms with Gasteiger partial charge in [-0.3, -0.25) is 4.79 Å². The summed E-state index contributed by atoms with van der Waals surface area (Å²) in [5, 5.41) is 0.821. The Morgan fingerprint density at radius 2 is 1.94 bits per heavy atom. The molecular weight excluding hydrogens is 245 g/mol. The van der Waals surface area contributed by atoms with Crippen molar-refractivity contribution in [2.45, 2.75) is 0 Å². The Morgan fingerprint density at radius 3 is 2.44 bits per heavy atom. The molecule has 0 aromatic heterocycles. The van der Waals surface area contributed by atoms with Crippen LogP contribution in [0.15, 0.2) is 30.4 Å². The summed E-state index contributed by atoms with van der Waals surface area (Å²) in [6, 6.07) is 4.82. The van der Waals surface area contributed by atoms with E-state index in [9.17, 15) is 4.79 Å². The summed E-state index contributed by atoms with van der Waals surface area (Å²) in [5.41, 5.74) is 1.05. The van der Waals surface area contributed by atoms with Gasteiger partial charge in [0.1, 0.15) is 0 Å². The molecule has 0 aliphatic heterocycles. The molecule has 0 amide bonds. The lowest BCUT2D eigenvalue weighted by molar-refractivity contribution is 0.102. The molecule has 4 heteroatoms. The third kappa shape index (κ3) is 3.34. The van der Waals surface area contributed by atoms with E-state index in [0.29, 0.717) is 27.7 Å². The number of likely N-dealkylation sites (N-methyl/N-ethyl adjacent to an activating group) is 1. The zero-order valence-corrected chi connectivity index (χ0v) is 10.8. The minimum Gasteiger partial charge on any atom is -0.305 e. The van der Waals surface area contributed by atoms with Crippen molar-refractivity contribution in [1.29, 1.82) is 0 Å². The van der Waals surface area contributed by atoms with Gasteiger partial charge in [0.05, 0.1) is 10.0 Å². The van der Waals surface area contributed by atoms with Gasteiger partial charge >= 0.3 is 0 Å². The van der Waals surface area contributed by atoms with Crippen molar-refractivity contribution in [3.05, 3.63) is 46.0 Å². The second-order valence-corrected chi connectivity index (χ2v) is 4.61. The molecule has 0 radical (unpaired) electrons. The van der Waals surface area contributed by atoms with Gasteiger partial charge in [0.2, 0.25) is 0 Å². The molecule has 0 saturated heterocycles. The van der Waals surface area contributed by atoms with Crippen LogP contribution in [0.25, 0.3) is 0 Å². The lowest BCUT2D eigenvalue weighted by atomic mass is 10.0. The Balaban J connectivity index is 2.88. The predicted octanol–water partition coefficient (Wildman–Crippen LogP) is 3.29. The van der Waals surface area contributed by atoms with Crippen molar-refractivity contribution in [2.24, 2.45) is 0 Å². The molecule has 0 spiro atoms. The van der Waals surface area contributed by atoms with Crippen molar-refractivity contribution < 1.29 is 4.79 Å². The number of rotatable bonds is 4. The second kappa shape index (κ2) is 5.48. The number of nitrogens with zero attached hydrogens (tertiary/aromatic N) is 1. The summed E-state index contributed by atoms with van der Waals surface area (Å²) < 4.78 is 0. The van der Waals surface area contributed by atoms with Gasteiger partial charge in [-0.05, 0) is 32.3 Å². The summed E-state index contributed by atoms with van der Waals surface area (Å²) >= 11 is 11.6. The van der Waals surface area contributed by atoms with Gasteiger partial charge in [-0.25, -0.2) is 0 Å². The van der Waals surface area contributed by atoms with E-state index in [2.05, 4.69) is 6.58 Å². The highest BCUT2D eigenvalue weighted by molar-refractivity contribution is 6.42. The standard InChI is InChI=1S/C12H13Cl2NO/c1-8(7-15(2)3)12(16)9-4-5-10(13)11(14)6-9/h4-6H,1,7H2,2-3H3. The number of hydrogen-bond acceptors (Lipinski definition) is 2. The molecule has 0 N–H and O–H groups in total. The maximum absolute atomic E-state index is 11.9. The van der Waals surface area contributed by atoms with Crippen LogP contribution in [0.2, 0.25) is 10.0 Å². The minimum atomic E-state index is -0.104. The number of Topliss-reactive ketones (excluding diaryl/α,β-unsaturated/α-hetero) is 1. The predicted molar refractivity (Wildman–Crippen MR) is 68.5 cm³/mol. The lowest BCUT2D eigenvalue weighted by Crippen LogP contribution is -2.19. The number of halogens is 2. The zero-order valence-electron chi connectivity index (χ0n) is 9.26. The van der Waals surface area contributed by atoms with E-state index in [0.717, 1.165) is 0 Å². The third-order valence-electron chi connectivity index (χ3n) is 2.01. The van der Waals surface area contributed by atoms with Gasteiger partial charge in [-0.2, -0.15) is 0 Å². The summed E-state index contributed by atoms with van der Waals surface area (Å²) in [7, 11) is 3.76. The first-order valence-electron chi connectivity index (χ1n) is 4.74. The second-order valence-electron chi connectivity index (χ2n) is 3.80. The van der Waals surface area contributed by atoms with Crippen LogP contribution in [0, 0.1) is 0 Å². The van der Waals surface area contributed by atoms with Gasteiger partial charge in [-0.15, -0.1) is 0 Å². The van der Waals surface area contributed by atoms with Crippen LogP contribution in [0.4, 0.5) is 0 Å². The molecule has 2 nitrogen and oxygen atoms in total. The molecule has 0 saturated carbocycles. The van der Waals surface area contributed by atoms with Crippen LogP contribution in [-0.4, -0.2) is 31.3 Å². The van der Waals surface area contributed by atoms with E-state index in [-0.39, 0.29) is 5.78 Å². The van der Waals surface area contributed by atoms with Gasteiger partial charge in [0.15, 0.2) is 5.78 Å². The quantitative estimate of drug-likeness (QED) is 0.610. The number of carbonyl (C=O) groups is 1. The van der Waals surface area contributed by atoms with Crippen molar-refractivity contribution in [2.75, 3.05) is 20.6 Å². The third-order valence-corrected chi connectivity index (χ3v) is 2.75. The molecule has 0 bridgehead atoms. The first kappa shape index (κ1) is 13.2. The van der Waals surface area contributed by atoms with Crippen molar-refractivity contribution in [1.82, 2.24) is 4.90 Å². The fraction of sp³-hybridized carbons (Fsp3) is 0.250. The van der Waals surface area contributed by atoms with Crippen molar-refractivity contribution in [3.8, 4) is 0 Å². The average Bonchev–Trinajstić information content (AvgIpc) is 2.20. The first-order chi connectivity index (χ1) is 7.41. The zero-order chi connectivity index (χ0) is 12.3. The molecule has 16 heavy (non-hydrogen) atoms. The number of benzene rings is 1. The van der Waals surface area contributed by atoms with Crippen LogP contribution >= 0.6 is 23.2 Å². The fourth-order valence-electron chi connectivity index (χ4n) is 1.30. The average molecular weight is 258 g/mol. The van der Waals surface area contributed by atoms with Gasteiger partial charge in [-0.1, -0.05) is 29.8 Å². The molecule has 1 aromatic rings. The van der Waals surface area contributed by atoms with Crippen LogP contribution in [0.1, 0.15) is 10.4 Å². The molecule has 1 aromatic carbocycles. The molecule has 0 heterocycles. The van der Waals surface area contributed by atoms with Crippen LogP contribution in [0.3, 0.4) is 0 Å². The van der Waals surface area contributed by atoms with E-state index in [1.807, 2.05) is 19.0 Å². The minimum absolute atomic E-state index is 0.104. The highest BCUT2D eigenvalue weighted by atomic mass is 35.5. The molecule has 0 aliphatic carbocycles. The SMILES string of the molecule is C=C(CN(C)C)C(=O)c1ccc(Cl)c(Cl)c1. The number of hydrogen-bond donors (Lipinski definition) is 0.